The van der Waals surface area contributed by atoms with Gasteiger partial charge in [-0.25, -0.2) is 0 Å². The molecule has 0 saturated carbocycles. The van der Waals surface area contributed by atoms with Crippen LogP contribution in [0.3, 0.4) is 0 Å². The molecular weight excluding hydrogens is 418 g/mol. The highest BCUT2D eigenvalue weighted by Gasteiger charge is 2.33. The molecule has 26 heavy (non-hydrogen) atoms. The van der Waals surface area contributed by atoms with Gasteiger partial charge in [0.15, 0.2) is 5.16 Å². The van der Waals surface area contributed by atoms with Crippen molar-refractivity contribution in [3.63, 3.8) is 0 Å². The average molecular weight is 436 g/mol. The molecule has 0 fully saturated rings. The lowest BCUT2D eigenvalue weighted by Gasteiger charge is -2.28. The zero-order chi connectivity index (χ0) is 18.8. The van der Waals surface area contributed by atoms with Gasteiger partial charge in [0.05, 0.1) is 12.7 Å². The summed E-state index contributed by atoms with van der Waals surface area (Å²) in [4.78, 5) is 29.4. The first-order valence-electron chi connectivity index (χ1n) is 7.94. The number of halogens is 1. The van der Waals surface area contributed by atoms with E-state index in [1.807, 2.05) is 18.2 Å². The molecule has 0 radical (unpaired) electrons. The zero-order valence-corrected chi connectivity index (χ0v) is 16.8. The fourth-order valence-electron chi connectivity index (χ4n) is 3.04. The molecule has 0 saturated heterocycles. The van der Waals surface area contributed by atoms with Crippen molar-refractivity contribution in [2.75, 3.05) is 18.2 Å². The maximum Gasteiger partial charge on any atom is 0.279 e. The van der Waals surface area contributed by atoms with Crippen LogP contribution < -0.4 is 15.6 Å². The van der Waals surface area contributed by atoms with E-state index in [0.29, 0.717) is 28.0 Å². The van der Waals surface area contributed by atoms with Crippen LogP contribution >= 0.6 is 27.7 Å². The van der Waals surface area contributed by atoms with Gasteiger partial charge in [0.25, 0.3) is 5.56 Å². The molecule has 1 amide bonds. The molecule has 2 aromatic rings. The number of amides is 1. The molecule has 136 valence electrons. The Balaban J connectivity index is 2.20. The van der Waals surface area contributed by atoms with Gasteiger partial charge in [-0.15, -0.1) is 6.58 Å². The van der Waals surface area contributed by atoms with Crippen LogP contribution in [0.25, 0.3) is 0 Å². The largest absolute Gasteiger partial charge is 0.496 e. The highest BCUT2D eigenvalue weighted by Crippen LogP contribution is 2.40. The van der Waals surface area contributed by atoms with Gasteiger partial charge in [-0.2, -0.15) is 4.98 Å². The van der Waals surface area contributed by atoms with Crippen LogP contribution in [0.5, 0.6) is 5.75 Å². The Morgan fingerprint density at radius 2 is 2.27 bits per heavy atom. The van der Waals surface area contributed by atoms with Gasteiger partial charge in [0.2, 0.25) is 5.91 Å². The molecule has 2 heterocycles. The third-order valence-electron chi connectivity index (χ3n) is 4.20. The molecule has 0 aliphatic carbocycles. The van der Waals surface area contributed by atoms with E-state index in [9.17, 15) is 9.59 Å². The molecule has 0 spiro atoms. The van der Waals surface area contributed by atoms with Crippen molar-refractivity contribution < 1.29 is 9.53 Å². The molecule has 0 unspecified atom stereocenters. The van der Waals surface area contributed by atoms with Gasteiger partial charge in [-0.1, -0.05) is 33.8 Å². The van der Waals surface area contributed by atoms with E-state index in [1.54, 1.807) is 24.8 Å². The van der Waals surface area contributed by atoms with E-state index < -0.39 is 5.92 Å². The molecule has 1 aromatic heterocycles. The van der Waals surface area contributed by atoms with Crippen LogP contribution in [-0.2, 0) is 11.8 Å². The molecule has 1 aromatic carbocycles. The number of methoxy groups -OCH3 is 1. The summed E-state index contributed by atoms with van der Waals surface area (Å²) in [6, 6.07) is 5.56. The summed E-state index contributed by atoms with van der Waals surface area (Å²) in [7, 11) is 3.36. The number of nitrogens with zero attached hydrogens (tertiary/aromatic N) is 2. The van der Waals surface area contributed by atoms with Gasteiger partial charge in [0.1, 0.15) is 11.6 Å². The minimum atomic E-state index is -0.421. The Kier molecular flexibility index (Phi) is 5.52. The van der Waals surface area contributed by atoms with Gasteiger partial charge >= 0.3 is 0 Å². The minimum absolute atomic E-state index is 0.148. The number of ether oxygens (including phenoxy) is 1. The highest BCUT2D eigenvalue weighted by atomic mass is 79.9. The maximum atomic E-state index is 12.8. The van der Waals surface area contributed by atoms with Crippen molar-refractivity contribution in [2.45, 2.75) is 17.5 Å². The highest BCUT2D eigenvalue weighted by molar-refractivity contribution is 9.10. The van der Waals surface area contributed by atoms with E-state index in [2.05, 4.69) is 32.8 Å². The summed E-state index contributed by atoms with van der Waals surface area (Å²) in [5.41, 5.74) is 0.923. The van der Waals surface area contributed by atoms with Crippen molar-refractivity contribution in [3.05, 3.63) is 56.8 Å². The lowest BCUT2D eigenvalue weighted by atomic mass is 9.86. The van der Waals surface area contributed by atoms with E-state index >= 15 is 0 Å². The SMILES string of the molecule is C=CCSc1nc(=O)c2c(n1C)NC(=O)C[C@H]2c1cc(Br)ccc1OC. The molecular formula is C18H18BrN3O3S. The fourth-order valence-corrected chi connectivity index (χ4v) is 4.12. The van der Waals surface area contributed by atoms with Crippen molar-refractivity contribution in [1.82, 2.24) is 9.55 Å². The second-order valence-electron chi connectivity index (χ2n) is 5.81. The van der Waals surface area contributed by atoms with Gasteiger partial charge in [-0.3, -0.25) is 9.59 Å². The number of hydrogen-bond donors (Lipinski definition) is 1. The third kappa shape index (κ3) is 3.43. The summed E-state index contributed by atoms with van der Waals surface area (Å²) < 4.78 is 8.05. The van der Waals surface area contributed by atoms with Gasteiger partial charge in [-0.05, 0) is 18.2 Å². The number of fused-ring (bicyclic) bond motifs is 1. The van der Waals surface area contributed by atoms with Crippen LogP contribution in [0, 0.1) is 0 Å². The maximum absolute atomic E-state index is 12.8. The number of thioether (sulfide) groups is 1. The predicted molar refractivity (Wildman–Crippen MR) is 106 cm³/mol. The fraction of sp³-hybridized carbons (Fsp3) is 0.278. The number of hydrogen-bond acceptors (Lipinski definition) is 5. The number of anilines is 1. The van der Waals surface area contributed by atoms with Crippen molar-refractivity contribution in [2.24, 2.45) is 7.05 Å². The second kappa shape index (κ2) is 7.67. The third-order valence-corrected chi connectivity index (χ3v) is 5.72. The molecule has 8 heteroatoms. The summed E-state index contributed by atoms with van der Waals surface area (Å²) in [5.74, 6) is 1.17. The predicted octanol–water partition coefficient (Wildman–Crippen LogP) is 3.30. The Labute approximate surface area is 163 Å². The van der Waals surface area contributed by atoms with Crippen LogP contribution in [0.15, 0.2) is 45.3 Å². The number of carbonyl (C=O) groups excluding carboxylic acids is 1. The second-order valence-corrected chi connectivity index (χ2v) is 7.71. The lowest BCUT2D eigenvalue weighted by molar-refractivity contribution is -0.116. The van der Waals surface area contributed by atoms with E-state index in [4.69, 9.17) is 4.74 Å². The van der Waals surface area contributed by atoms with E-state index in [-0.39, 0.29) is 17.9 Å². The Bertz CT molecular complexity index is 942. The zero-order valence-electron chi connectivity index (χ0n) is 14.4. The smallest absolute Gasteiger partial charge is 0.279 e. The summed E-state index contributed by atoms with van der Waals surface area (Å²) in [6.45, 7) is 3.68. The van der Waals surface area contributed by atoms with Crippen molar-refractivity contribution in [1.29, 1.82) is 0 Å². The Hall–Kier alpha value is -2.06. The van der Waals surface area contributed by atoms with Gasteiger partial charge < -0.3 is 14.6 Å². The molecule has 1 N–H and O–H groups in total. The molecule has 1 aliphatic rings. The first-order chi connectivity index (χ1) is 12.5. The number of benzene rings is 1. The summed E-state index contributed by atoms with van der Waals surface area (Å²) in [6.07, 6.45) is 1.90. The first kappa shape index (κ1) is 18.7. The first-order valence-corrected chi connectivity index (χ1v) is 9.72. The van der Waals surface area contributed by atoms with E-state index in [0.717, 1.165) is 10.0 Å². The Morgan fingerprint density at radius 3 is 2.96 bits per heavy atom. The topological polar surface area (TPSA) is 73.2 Å². The van der Waals surface area contributed by atoms with Crippen LogP contribution in [-0.4, -0.2) is 28.3 Å². The van der Waals surface area contributed by atoms with Gasteiger partial charge in [0, 0.05) is 35.2 Å². The van der Waals surface area contributed by atoms with Crippen LogP contribution in [0.2, 0.25) is 0 Å². The number of nitrogens with one attached hydrogen (secondary N) is 1. The number of aromatic nitrogens is 2. The molecule has 1 aliphatic heterocycles. The normalized spacial score (nSPS) is 16.0. The van der Waals surface area contributed by atoms with Crippen LogP contribution in [0.4, 0.5) is 5.82 Å². The minimum Gasteiger partial charge on any atom is -0.496 e. The number of rotatable bonds is 5. The summed E-state index contributed by atoms with van der Waals surface area (Å²) in [5, 5.41) is 3.37. The molecule has 0 bridgehead atoms. The molecule has 3 rings (SSSR count). The molecule has 1 atom stereocenters. The standard InChI is InChI=1S/C18H18BrN3O3S/c1-4-7-26-18-21-17(24)15-12(9-14(23)20-16(15)22(18)2)11-8-10(19)5-6-13(11)25-3/h4-6,8,12H,1,7,9H2,2-3H3,(H,20,23)/t12-/m0/s1. The monoisotopic (exact) mass is 435 g/mol. The number of carbonyl (C=O) groups is 1. The van der Waals surface area contributed by atoms with Crippen molar-refractivity contribution >= 4 is 39.4 Å². The van der Waals surface area contributed by atoms with E-state index in [1.165, 1.54) is 11.8 Å². The summed E-state index contributed by atoms with van der Waals surface area (Å²) >= 11 is 4.85. The molecule has 6 nitrogen and oxygen atoms in total. The average Bonchev–Trinajstić information content (AvgIpc) is 2.62. The quantitative estimate of drug-likeness (QED) is 0.443. The lowest BCUT2D eigenvalue weighted by Crippen LogP contribution is -2.33. The van der Waals surface area contributed by atoms with Crippen LogP contribution in [0.1, 0.15) is 23.5 Å². The Morgan fingerprint density at radius 1 is 1.50 bits per heavy atom. The van der Waals surface area contributed by atoms with Crippen molar-refractivity contribution in [3.8, 4) is 5.75 Å².